The van der Waals surface area contributed by atoms with Crippen LogP contribution in [0.3, 0.4) is 0 Å². The smallest absolute Gasteiger partial charge is 0.320 e. The lowest BCUT2D eigenvalue weighted by Gasteiger charge is -2.30. The van der Waals surface area contributed by atoms with Crippen LogP contribution in [0.4, 0.5) is 0 Å². The van der Waals surface area contributed by atoms with E-state index in [9.17, 15) is 4.79 Å². The molecule has 1 saturated carbocycles. The van der Waals surface area contributed by atoms with Gasteiger partial charge < -0.3 is 20.5 Å². The van der Waals surface area contributed by atoms with Crippen molar-refractivity contribution >= 4 is 17.6 Å². The zero-order chi connectivity index (χ0) is 22.5. The van der Waals surface area contributed by atoms with Gasteiger partial charge in [0.1, 0.15) is 17.9 Å². The van der Waals surface area contributed by atoms with Gasteiger partial charge in [-0.15, -0.1) is 0 Å². The number of nitrogens with one attached hydrogen (secondary N) is 2. The first-order chi connectivity index (χ1) is 15.5. The van der Waals surface area contributed by atoms with Gasteiger partial charge in [-0.1, -0.05) is 48.0 Å². The van der Waals surface area contributed by atoms with Crippen molar-refractivity contribution in [2.24, 2.45) is 5.92 Å². The van der Waals surface area contributed by atoms with Gasteiger partial charge in [-0.25, -0.2) is 0 Å². The lowest BCUT2D eigenvalue weighted by atomic mass is 9.75. The first kappa shape index (κ1) is 23.1. The average molecular weight is 457 g/mol. The molecular formula is C26H33ClN2O3. The van der Waals surface area contributed by atoms with Crippen molar-refractivity contribution in [3.8, 4) is 5.75 Å². The third-order valence-electron chi connectivity index (χ3n) is 6.94. The molecule has 2 aliphatic rings. The number of carboxylic acid groups (broad SMARTS) is 1. The van der Waals surface area contributed by atoms with E-state index in [1.54, 1.807) is 0 Å². The van der Waals surface area contributed by atoms with Crippen LogP contribution in [0.15, 0.2) is 42.5 Å². The number of hydrogen-bond donors (Lipinski definition) is 3. The third kappa shape index (κ3) is 5.45. The fraction of sp³-hybridized carbons (Fsp3) is 0.500. The number of hydrogen-bond acceptors (Lipinski definition) is 4. The summed E-state index contributed by atoms with van der Waals surface area (Å²) in [5, 5.41) is 16.1. The topological polar surface area (TPSA) is 70.6 Å². The summed E-state index contributed by atoms with van der Waals surface area (Å²) in [6.07, 6.45) is 6.07. The molecule has 1 heterocycles. The van der Waals surface area contributed by atoms with Gasteiger partial charge in [0.2, 0.25) is 0 Å². The Labute approximate surface area is 195 Å². The first-order valence-electron chi connectivity index (χ1n) is 11.7. The van der Waals surface area contributed by atoms with Crippen molar-refractivity contribution < 1.29 is 14.6 Å². The highest BCUT2D eigenvalue weighted by molar-refractivity contribution is 6.32. The summed E-state index contributed by atoms with van der Waals surface area (Å²) in [6.45, 7) is 1.44. The summed E-state index contributed by atoms with van der Waals surface area (Å²) in [4.78, 5) is 11.2. The molecule has 1 saturated heterocycles. The van der Waals surface area contributed by atoms with E-state index < -0.39 is 12.0 Å². The van der Waals surface area contributed by atoms with Crippen LogP contribution in [-0.4, -0.2) is 36.8 Å². The van der Waals surface area contributed by atoms with Crippen molar-refractivity contribution in [3.63, 3.8) is 0 Å². The van der Waals surface area contributed by atoms with Gasteiger partial charge >= 0.3 is 5.97 Å². The second-order valence-corrected chi connectivity index (χ2v) is 9.53. The van der Waals surface area contributed by atoms with Crippen LogP contribution in [-0.2, 0) is 17.8 Å². The Bertz CT molecular complexity index is 927. The summed E-state index contributed by atoms with van der Waals surface area (Å²) in [5.41, 5.74) is 4.04. The summed E-state index contributed by atoms with van der Waals surface area (Å²) in [6, 6.07) is 14.2. The first-order valence-corrected chi connectivity index (χ1v) is 12.1. The number of ether oxygens (including phenoxy) is 1. The van der Waals surface area contributed by atoms with Gasteiger partial charge in [-0.2, -0.15) is 0 Å². The highest BCUT2D eigenvalue weighted by Crippen LogP contribution is 2.40. The van der Waals surface area contributed by atoms with Gasteiger partial charge in [0.15, 0.2) is 0 Å². The SMILES string of the molecule is CNCc1ccccc1C1CCC(Cc2cccc(O[C@@H]3CN[C@H](C(=O)O)C3)c2Cl)CC1. The number of rotatable bonds is 8. The molecule has 0 unspecified atom stereocenters. The van der Waals surface area contributed by atoms with Gasteiger partial charge in [0.25, 0.3) is 0 Å². The Morgan fingerprint density at radius 1 is 1.12 bits per heavy atom. The fourth-order valence-electron chi connectivity index (χ4n) is 5.24. The van der Waals surface area contributed by atoms with Gasteiger partial charge in [0.05, 0.1) is 5.02 Å². The third-order valence-corrected chi connectivity index (χ3v) is 7.37. The molecule has 1 aliphatic heterocycles. The minimum Gasteiger partial charge on any atom is -0.487 e. The molecule has 32 heavy (non-hydrogen) atoms. The van der Waals surface area contributed by atoms with Crippen LogP contribution >= 0.6 is 11.6 Å². The minimum atomic E-state index is -0.833. The maximum absolute atomic E-state index is 11.2. The summed E-state index contributed by atoms with van der Waals surface area (Å²) >= 11 is 6.72. The van der Waals surface area contributed by atoms with Crippen molar-refractivity contribution in [1.29, 1.82) is 0 Å². The van der Waals surface area contributed by atoms with Crippen molar-refractivity contribution in [1.82, 2.24) is 10.6 Å². The van der Waals surface area contributed by atoms with E-state index in [2.05, 4.69) is 41.0 Å². The summed E-state index contributed by atoms with van der Waals surface area (Å²) in [7, 11) is 2.00. The highest BCUT2D eigenvalue weighted by atomic mass is 35.5. The molecule has 2 aromatic rings. The highest BCUT2D eigenvalue weighted by Gasteiger charge is 2.31. The Hall–Kier alpha value is -2.08. The molecule has 3 N–H and O–H groups in total. The number of halogens is 1. The predicted octanol–water partition coefficient (Wildman–Crippen LogP) is 4.77. The van der Waals surface area contributed by atoms with E-state index in [4.69, 9.17) is 21.4 Å². The molecule has 2 atom stereocenters. The molecule has 2 fully saturated rings. The van der Waals surface area contributed by atoms with E-state index in [1.165, 1.54) is 36.8 Å². The molecule has 0 amide bonds. The Kier molecular flexibility index (Phi) is 7.71. The zero-order valence-corrected chi connectivity index (χ0v) is 19.4. The molecule has 5 nitrogen and oxygen atoms in total. The van der Waals surface area contributed by atoms with E-state index in [0.29, 0.717) is 35.6 Å². The van der Waals surface area contributed by atoms with Crippen molar-refractivity contribution in [2.45, 2.75) is 63.1 Å². The predicted molar refractivity (Wildman–Crippen MR) is 128 cm³/mol. The van der Waals surface area contributed by atoms with E-state index in [1.807, 2.05) is 19.2 Å². The number of carboxylic acids is 1. The fourth-order valence-corrected chi connectivity index (χ4v) is 5.49. The number of carbonyl (C=O) groups is 1. The molecule has 0 bridgehead atoms. The van der Waals surface area contributed by atoms with Gasteiger partial charge in [0, 0.05) is 19.5 Å². The summed E-state index contributed by atoms with van der Waals surface area (Å²) in [5.74, 6) is 1.09. The van der Waals surface area contributed by atoms with E-state index >= 15 is 0 Å². The quantitative estimate of drug-likeness (QED) is 0.533. The Morgan fingerprint density at radius 2 is 1.88 bits per heavy atom. The lowest BCUT2D eigenvalue weighted by Crippen LogP contribution is -2.30. The lowest BCUT2D eigenvalue weighted by molar-refractivity contribution is -0.139. The van der Waals surface area contributed by atoms with Crippen LogP contribution < -0.4 is 15.4 Å². The molecule has 0 spiro atoms. The van der Waals surface area contributed by atoms with Gasteiger partial charge in [-0.05, 0) is 73.7 Å². The molecule has 2 aromatic carbocycles. The molecule has 0 aromatic heterocycles. The molecule has 0 radical (unpaired) electrons. The van der Waals surface area contributed by atoms with Crippen LogP contribution in [0.25, 0.3) is 0 Å². The second-order valence-electron chi connectivity index (χ2n) is 9.15. The molecule has 6 heteroatoms. The molecule has 4 rings (SSSR count). The number of benzene rings is 2. The van der Waals surface area contributed by atoms with E-state index in [0.717, 1.165) is 18.5 Å². The second kappa shape index (κ2) is 10.7. The van der Waals surface area contributed by atoms with Crippen LogP contribution in [0.5, 0.6) is 5.75 Å². The minimum absolute atomic E-state index is 0.169. The Balaban J connectivity index is 1.35. The largest absolute Gasteiger partial charge is 0.487 e. The van der Waals surface area contributed by atoms with Gasteiger partial charge in [-0.3, -0.25) is 4.79 Å². The molecular weight excluding hydrogens is 424 g/mol. The molecule has 1 aliphatic carbocycles. The van der Waals surface area contributed by atoms with Crippen molar-refractivity contribution in [2.75, 3.05) is 13.6 Å². The number of aliphatic carboxylic acids is 1. The monoisotopic (exact) mass is 456 g/mol. The van der Waals surface area contributed by atoms with E-state index in [-0.39, 0.29) is 6.10 Å². The van der Waals surface area contributed by atoms with Crippen LogP contribution in [0.1, 0.15) is 54.7 Å². The Morgan fingerprint density at radius 3 is 2.59 bits per heavy atom. The molecule has 172 valence electrons. The zero-order valence-electron chi connectivity index (χ0n) is 18.6. The summed E-state index contributed by atoms with van der Waals surface area (Å²) < 4.78 is 6.06. The van der Waals surface area contributed by atoms with Crippen LogP contribution in [0.2, 0.25) is 5.02 Å². The van der Waals surface area contributed by atoms with Crippen LogP contribution in [0, 0.1) is 5.92 Å². The maximum Gasteiger partial charge on any atom is 0.320 e. The maximum atomic E-state index is 11.2. The normalized spacial score (nSPS) is 25.6. The average Bonchev–Trinajstić information content (AvgIpc) is 3.27. The van der Waals surface area contributed by atoms with Crippen molar-refractivity contribution in [3.05, 3.63) is 64.2 Å². The standard InChI is InChI=1S/C26H33ClN2O3/c1-28-15-20-5-2-3-7-22(20)18-11-9-17(10-12-18)13-19-6-4-8-24(25(19)27)32-21-14-23(26(30)31)29-16-21/h2-8,17-18,21,23,28-29H,9-16H2,1H3,(H,30,31)/t17?,18?,21-,23-/m0/s1.